The van der Waals surface area contributed by atoms with E-state index in [1.54, 1.807) is 0 Å². The number of fused-ring (bicyclic) bond motifs is 4. The minimum absolute atomic E-state index is 0.366. The van der Waals surface area contributed by atoms with E-state index in [9.17, 15) is 4.79 Å². The number of aromatic amines is 4. The van der Waals surface area contributed by atoms with Gasteiger partial charge in [0, 0.05) is 108 Å². The summed E-state index contributed by atoms with van der Waals surface area (Å²) in [7, 11) is 2.28. The highest BCUT2D eigenvalue weighted by molar-refractivity contribution is 5.96. The summed E-state index contributed by atoms with van der Waals surface area (Å²) in [6.07, 6.45) is 12.3. The summed E-state index contributed by atoms with van der Waals surface area (Å²) in [6, 6.07) is 20.6. The van der Waals surface area contributed by atoms with Gasteiger partial charge in [-0.05, 0) is 86.0 Å². The number of H-pyrrole nitrogens is 4. The van der Waals surface area contributed by atoms with Gasteiger partial charge in [0.05, 0.1) is 11.0 Å². The van der Waals surface area contributed by atoms with Crippen LogP contribution < -0.4 is 0 Å². The van der Waals surface area contributed by atoms with Gasteiger partial charge in [-0.25, -0.2) is 19.9 Å². The quantitative estimate of drug-likeness (QED) is 0.117. The van der Waals surface area contributed by atoms with Crippen LogP contribution in [0.2, 0.25) is 0 Å². The Bertz CT molecular complexity index is 2700. The summed E-state index contributed by atoms with van der Waals surface area (Å²) >= 11 is 0. The minimum Gasteiger partial charge on any atom is -0.354 e. The van der Waals surface area contributed by atoms with E-state index in [-0.39, 0.29) is 0 Å². The van der Waals surface area contributed by atoms with Crippen molar-refractivity contribution in [1.82, 2.24) is 49.7 Å². The molecule has 0 bridgehead atoms. The number of Topliss-reactive ketones (excluding diaryl/α,β-unsaturated/α-hetero) is 1. The third kappa shape index (κ3) is 6.61. The van der Waals surface area contributed by atoms with Crippen LogP contribution in [0.15, 0.2) is 67.0 Å². The van der Waals surface area contributed by atoms with Gasteiger partial charge in [-0.2, -0.15) is 0 Å². The maximum atomic E-state index is 11.8. The lowest BCUT2D eigenvalue weighted by atomic mass is 9.94. The molecule has 0 atom stereocenters. The Morgan fingerprint density at radius 1 is 0.782 bits per heavy atom. The SMILES string of the molecule is Cc1nc2ncc(Cc3nc4nccc(-c5cc6cc(CN(C)C7CCCCC7)ccc6[nH]5)c4[nH]3)c(-c3cc4cc(CN5CCC(=O)CC5)ccc4[nH]3)c2[nH]1. The molecule has 55 heavy (non-hydrogen) atoms. The maximum Gasteiger partial charge on any atom is 0.178 e. The smallest absolute Gasteiger partial charge is 0.178 e. The third-order valence-corrected chi connectivity index (χ3v) is 11.9. The molecule has 8 aromatic rings. The number of hydrogen-bond acceptors (Lipinski definition) is 7. The zero-order chi connectivity index (χ0) is 37.0. The van der Waals surface area contributed by atoms with Crippen molar-refractivity contribution >= 4 is 49.9 Å². The van der Waals surface area contributed by atoms with Crippen LogP contribution in [-0.2, 0) is 24.3 Å². The molecule has 10 rings (SSSR count). The van der Waals surface area contributed by atoms with E-state index in [0.717, 1.165) is 93.4 Å². The molecule has 11 heteroatoms. The zero-order valence-electron chi connectivity index (χ0n) is 31.5. The van der Waals surface area contributed by atoms with Crippen molar-refractivity contribution in [1.29, 1.82) is 0 Å². The highest BCUT2D eigenvalue weighted by atomic mass is 16.1. The standard InChI is InChI=1S/C44H46N10O/c1-26-47-42-40(38-21-30-19-28(9-11-36(30)50-38)25-54-16-13-33(55)14-17-54)31(23-46-44(42)48-26)22-39-51-41-34(12-15-45-43(41)52-39)37-20-29-18-27(8-10-35(29)49-37)24-53(2)32-6-4-3-5-7-32/h8-12,15,18-21,23,32,49-50H,3-7,13-14,16-17,22,24-25H2,1-2H3,(H,45,51,52)(H,46,47,48). The lowest BCUT2D eigenvalue weighted by molar-refractivity contribution is -0.121. The first-order chi connectivity index (χ1) is 26.9. The molecule has 11 nitrogen and oxygen atoms in total. The molecule has 278 valence electrons. The molecule has 7 heterocycles. The van der Waals surface area contributed by atoms with E-state index in [0.29, 0.717) is 42.4 Å². The Hall–Kier alpha value is -5.65. The van der Waals surface area contributed by atoms with Crippen LogP contribution in [0.25, 0.3) is 66.6 Å². The largest absolute Gasteiger partial charge is 0.354 e. The Kier molecular flexibility index (Phi) is 8.56. The summed E-state index contributed by atoms with van der Waals surface area (Å²) in [5, 5.41) is 2.36. The average Bonchev–Trinajstić information content (AvgIpc) is 3.99. The summed E-state index contributed by atoms with van der Waals surface area (Å²) in [5.41, 5.74) is 13.1. The van der Waals surface area contributed by atoms with Crippen molar-refractivity contribution in [2.24, 2.45) is 0 Å². The van der Waals surface area contributed by atoms with Gasteiger partial charge in [0.2, 0.25) is 0 Å². The fourth-order valence-corrected chi connectivity index (χ4v) is 9.00. The van der Waals surface area contributed by atoms with Crippen molar-refractivity contribution in [2.75, 3.05) is 20.1 Å². The fraction of sp³-hybridized carbons (Fsp3) is 0.341. The number of nitrogens with one attached hydrogen (secondary N) is 4. The molecular weight excluding hydrogens is 685 g/mol. The van der Waals surface area contributed by atoms with E-state index < -0.39 is 0 Å². The van der Waals surface area contributed by atoms with Crippen molar-refractivity contribution in [2.45, 2.75) is 77.4 Å². The molecule has 2 fully saturated rings. The van der Waals surface area contributed by atoms with Crippen LogP contribution in [0.4, 0.5) is 0 Å². The number of likely N-dealkylation sites (tertiary alicyclic amines) is 1. The number of carbonyl (C=O) groups excluding carboxylic acids is 1. The maximum absolute atomic E-state index is 11.8. The summed E-state index contributed by atoms with van der Waals surface area (Å²) < 4.78 is 0. The molecule has 2 aromatic carbocycles. The molecule has 4 N–H and O–H groups in total. The second kappa shape index (κ2) is 13.9. The van der Waals surface area contributed by atoms with Gasteiger partial charge in [0.15, 0.2) is 11.3 Å². The van der Waals surface area contributed by atoms with Crippen LogP contribution in [0.1, 0.15) is 73.3 Å². The first-order valence-corrected chi connectivity index (χ1v) is 19.8. The van der Waals surface area contributed by atoms with Crippen molar-refractivity contribution in [3.8, 4) is 22.5 Å². The number of hydrogen-bond donors (Lipinski definition) is 4. The molecule has 0 amide bonds. The van der Waals surface area contributed by atoms with Gasteiger partial charge in [0.25, 0.3) is 0 Å². The van der Waals surface area contributed by atoms with Crippen molar-refractivity contribution in [3.05, 3.63) is 95.3 Å². The van der Waals surface area contributed by atoms with Crippen molar-refractivity contribution in [3.63, 3.8) is 0 Å². The second-order valence-electron chi connectivity index (χ2n) is 15.8. The van der Waals surface area contributed by atoms with Crippen LogP contribution in [0.5, 0.6) is 0 Å². The molecule has 0 unspecified atom stereocenters. The second-order valence-corrected chi connectivity index (χ2v) is 15.8. The highest BCUT2D eigenvalue weighted by Gasteiger charge is 2.21. The first kappa shape index (κ1) is 33.9. The Morgan fingerprint density at radius 2 is 1.51 bits per heavy atom. The number of nitrogens with zero attached hydrogens (tertiary/aromatic N) is 6. The zero-order valence-corrected chi connectivity index (χ0v) is 31.5. The van der Waals surface area contributed by atoms with Gasteiger partial charge in [-0.1, -0.05) is 31.4 Å². The minimum atomic E-state index is 0.366. The van der Waals surface area contributed by atoms with Gasteiger partial charge in [0.1, 0.15) is 17.4 Å². The molecular formula is C44H46N10O. The lowest BCUT2D eigenvalue weighted by Gasteiger charge is -2.31. The van der Waals surface area contributed by atoms with Crippen LogP contribution in [0.3, 0.4) is 0 Å². The Morgan fingerprint density at radius 3 is 2.33 bits per heavy atom. The number of rotatable bonds is 9. The first-order valence-electron chi connectivity index (χ1n) is 19.8. The normalized spacial score (nSPS) is 16.2. The predicted molar refractivity (Wildman–Crippen MR) is 218 cm³/mol. The number of pyridine rings is 2. The lowest BCUT2D eigenvalue weighted by Crippen LogP contribution is -2.33. The average molecular weight is 731 g/mol. The topological polar surface area (TPSA) is 138 Å². The molecule has 1 saturated heterocycles. The summed E-state index contributed by atoms with van der Waals surface area (Å²) in [5.74, 6) is 2.00. The third-order valence-electron chi connectivity index (χ3n) is 11.9. The molecule has 0 radical (unpaired) electrons. The van der Waals surface area contributed by atoms with E-state index in [1.165, 1.54) is 48.6 Å². The number of carbonyl (C=O) groups is 1. The van der Waals surface area contributed by atoms with Gasteiger partial charge < -0.3 is 19.9 Å². The fourth-order valence-electron chi connectivity index (χ4n) is 9.00. The summed E-state index contributed by atoms with van der Waals surface area (Å²) in [6.45, 7) is 5.42. The molecule has 0 spiro atoms. The highest BCUT2D eigenvalue weighted by Crippen LogP contribution is 2.35. The molecule has 1 aliphatic heterocycles. The van der Waals surface area contributed by atoms with E-state index in [4.69, 9.17) is 9.97 Å². The van der Waals surface area contributed by atoms with Crippen LogP contribution in [0, 0.1) is 6.92 Å². The van der Waals surface area contributed by atoms with E-state index >= 15 is 0 Å². The number of benzene rings is 2. The van der Waals surface area contributed by atoms with E-state index in [1.807, 2.05) is 19.3 Å². The Balaban J connectivity index is 0.953. The predicted octanol–water partition coefficient (Wildman–Crippen LogP) is 8.35. The molecule has 1 aliphatic carbocycles. The van der Waals surface area contributed by atoms with Crippen molar-refractivity contribution < 1.29 is 4.79 Å². The Labute approximate surface area is 319 Å². The molecule has 1 saturated carbocycles. The number of piperidine rings is 1. The van der Waals surface area contributed by atoms with Gasteiger partial charge in [-0.3, -0.25) is 14.6 Å². The van der Waals surface area contributed by atoms with Crippen LogP contribution >= 0.6 is 0 Å². The molecule has 6 aromatic heterocycles. The number of aromatic nitrogens is 8. The monoisotopic (exact) mass is 730 g/mol. The molecule has 2 aliphatic rings. The van der Waals surface area contributed by atoms with E-state index in [2.05, 4.69) is 101 Å². The van der Waals surface area contributed by atoms with Gasteiger partial charge in [-0.15, -0.1) is 0 Å². The van der Waals surface area contributed by atoms with Crippen LogP contribution in [-0.4, -0.2) is 81.6 Å². The van der Waals surface area contributed by atoms with Gasteiger partial charge >= 0.3 is 0 Å². The number of imidazole rings is 2. The number of ketones is 1. The summed E-state index contributed by atoms with van der Waals surface area (Å²) in [4.78, 5) is 50.3. The number of aryl methyl sites for hydroxylation is 1.